The molecule has 2 amide bonds. The van der Waals surface area contributed by atoms with Crippen LogP contribution >= 0.6 is 0 Å². The number of likely N-dealkylation sites (tertiary alicyclic amines) is 1. The number of primary amides is 1. The van der Waals surface area contributed by atoms with Crippen molar-refractivity contribution in [1.82, 2.24) is 10.2 Å². The molecule has 4 N–H and O–H groups in total. The number of benzene rings is 1. The molecule has 0 bridgehead atoms. The Kier molecular flexibility index (Phi) is 5.26. The minimum absolute atomic E-state index is 0.117. The standard InChI is InChI=1S/C17H25N3O3/c1-17(7-9-20(2)10-8-17)16(23)19-14(15(18)22)11-12-3-5-13(21)6-4-12/h3-6,14,21H,7-11H2,1-2H3,(H2,18,22)(H,19,23)/t14-/m0/s1. The van der Waals surface area contributed by atoms with E-state index in [9.17, 15) is 14.7 Å². The Hall–Kier alpha value is -2.08. The van der Waals surface area contributed by atoms with Crippen molar-refractivity contribution in [2.24, 2.45) is 11.1 Å². The maximum atomic E-state index is 12.6. The molecule has 1 fully saturated rings. The van der Waals surface area contributed by atoms with Crippen molar-refractivity contribution in [3.8, 4) is 5.75 Å². The topological polar surface area (TPSA) is 95.7 Å². The Morgan fingerprint density at radius 2 is 1.87 bits per heavy atom. The van der Waals surface area contributed by atoms with Gasteiger partial charge in [-0.3, -0.25) is 9.59 Å². The molecule has 126 valence electrons. The van der Waals surface area contributed by atoms with Crippen LogP contribution in [0.1, 0.15) is 25.3 Å². The van der Waals surface area contributed by atoms with E-state index in [0.29, 0.717) is 6.42 Å². The predicted octanol–water partition coefficient (Wildman–Crippen LogP) is 0.637. The first-order valence-electron chi connectivity index (χ1n) is 7.87. The Bertz CT molecular complexity index is 563. The number of nitrogens with one attached hydrogen (secondary N) is 1. The van der Waals surface area contributed by atoms with Gasteiger partial charge in [0.15, 0.2) is 0 Å². The second-order valence-electron chi connectivity index (χ2n) is 6.66. The lowest BCUT2D eigenvalue weighted by Gasteiger charge is -2.37. The number of nitrogens with two attached hydrogens (primary N) is 1. The van der Waals surface area contributed by atoms with Crippen LogP contribution in [0.5, 0.6) is 5.75 Å². The van der Waals surface area contributed by atoms with Crippen molar-refractivity contribution in [2.45, 2.75) is 32.2 Å². The van der Waals surface area contributed by atoms with Crippen LogP contribution in [0.25, 0.3) is 0 Å². The fraction of sp³-hybridized carbons (Fsp3) is 0.529. The summed E-state index contributed by atoms with van der Waals surface area (Å²) in [6.07, 6.45) is 1.84. The predicted molar refractivity (Wildman–Crippen MR) is 87.8 cm³/mol. The zero-order valence-electron chi connectivity index (χ0n) is 13.7. The second-order valence-corrected chi connectivity index (χ2v) is 6.66. The van der Waals surface area contributed by atoms with Gasteiger partial charge in [0, 0.05) is 11.8 Å². The molecular weight excluding hydrogens is 294 g/mol. The minimum atomic E-state index is -0.747. The summed E-state index contributed by atoms with van der Waals surface area (Å²) >= 11 is 0. The van der Waals surface area contributed by atoms with E-state index in [1.807, 2.05) is 14.0 Å². The average Bonchev–Trinajstić information content (AvgIpc) is 2.51. The molecule has 1 aliphatic heterocycles. The zero-order valence-corrected chi connectivity index (χ0v) is 13.7. The van der Waals surface area contributed by atoms with Crippen molar-refractivity contribution in [3.05, 3.63) is 29.8 Å². The number of phenols is 1. The molecule has 0 aromatic heterocycles. The maximum absolute atomic E-state index is 12.6. The normalized spacial score (nSPS) is 19.0. The van der Waals surface area contributed by atoms with Crippen molar-refractivity contribution < 1.29 is 14.7 Å². The van der Waals surface area contributed by atoms with Crippen LogP contribution in [0, 0.1) is 5.41 Å². The summed E-state index contributed by atoms with van der Waals surface area (Å²) in [7, 11) is 2.04. The van der Waals surface area contributed by atoms with E-state index in [-0.39, 0.29) is 11.7 Å². The summed E-state index contributed by atoms with van der Waals surface area (Å²) in [5.41, 5.74) is 5.82. The molecule has 0 radical (unpaired) electrons. The summed E-state index contributed by atoms with van der Waals surface area (Å²) in [6.45, 7) is 3.67. The van der Waals surface area contributed by atoms with Crippen molar-refractivity contribution in [3.63, 3.8) is 0 Å². The van der Waals surface area contributed by atoms with Crippen LogP contribution in [0.3, 0.4) is 0 Å². The summed E-state index contributed by atoms with van der Waals surface area (Å²) in [5.74, 6) is -0.511. The number of amides is 2. The van der Waals surface area contributed by atoms with Crippen LogP contribution in [0.2, 0.25) is 0 Å². The van der Waals surface area contributed by atoms with Gasteiger partial charge in [-0.15, -0.1) is 0 Å². The fourth-order valence-electron chi connectivity index (χ4n) is 2.76. The third-order valence-electron chi connectivity index (χ3n) is 4.66. The largest absolute Gasteiger partial charge is 0.508 e. The van der Waals surface area contributed by atoms with Crippen molar-refractivity contribution >= 4 is 11.8 Å². The van der Waals surface area contributed by atoms with Gasteiger partial charge in [0.2, 0.25) is 11.8 Å². The zero-order chi connectivity index (χ0) is 17.0. The lowest BCUT2D eigenvalue weighted by Crippen LogP contribution is -2.53. The molecule has 1 atom stereocenters. The Morgan fingerprint density at radius 3 is 2.39 bits per heavy atom. The van der Waals surface area contributed by atoms with E-state index in [0.717, 1.165) is 31.5 Å². The van der Waals surface area contributed by atoms with E-state index < -0.39 is 17.4 Å². The number of hydrogen-bond acceptors (Lipinski definition) is 4. The van der Waals surface area contributed by atoms with Gasteiger partial charge < -0.3 is 21.1 Å². The monoisotopic (exact) mass is 319 g/mol. The molecule has 1 saturated heterocycles. The number of aromatic hydroxyl groups is 1. The summed E-state index contributed by atoms with van der Waals surface area (Å²) in [5, 5.41) is 12.1. The first-order valence-corrected chi connectivity index (χ1v) is 7.87. The molecule has 23 heavy (non-hydrogen) atoms. The summed E-state index contributed by atoms with van der Waals surface area (Å²) < 4.78 is 0. The first-order chi connectivity index (χ1) is 10.8. The molecule has 6 nitrogen and oxygen atoms in total. The second kappa shape index (κ2) is 7.00. The highest BCUT2D eigenvalue weighted by molar-refractivity contribution is 5.89. The number of phenolic OH excluding ortho intramolecular Hbond substituents is 1. The highest BCUT2D eigenvalue weighted by Gasteiger charge is 2.37. The van der Waals surface area contributed by atoms with Gasteiger partial charge in [0.05, 0.1) is 0 Å². The third-order valence-corrected chi connectivity index (χ3v) is 4.66. The molecule has 6 heteroatoms. The van der Waals surface area contributed by atoms with Crippen LogP contribution in [0.15, 0.2) is 24.3 Å². The number of carbonyl (C=O) groups excluding carboxylic acids is 2. The summed E-state index contributed by atoms with van der Waals surface area (Å²) in [6, 6.07) is 5.79. The van der Waals surface area contributed by atoms with Gasteiger partial charge >= 0.3 is 0 Å². The quantitative estimate of drug-likeness (QED) is 0.742. The van der Waals surface area contributed by atoms with E-state index in [2.05, 4.69) is 10.2 Å². The minimum Gasteiger partial charge on any atom is -0.508 e. The molecule has 0 unspecified atom stereocenters. The molecule has 1 aromatic carbocycles. The maximum Gasteiger partial charge on any atom is 0.240 e. The van der Waals surface area contributed by atoms with Gasteiger partial charge in [-0.2, -0.15) is 0 Å². The number of nitrogens with zero attached hydrogens (tertiary/aromatic N) is 1. The molecular formula is C17H25N3O3. The molecule has 1 heterocycles. The number of hydrogen-bond donors (Lipinski definition) is 3. The third kappa shape index (κ3) is 4.45. The van der Waals surface area contributed by atoms with Crippen LogP contribution in [-0.2, 0) is 16.0 Å². The highest BCUT2D eigenvalue weighted by atomic mass is 16.3. The van der Waals surface area contributed by atoms with Crippen LogP contribution in [0.4, 0.5) is 0 Å². The Morgan fingerprint density at radius 1 is 1.30 bits per heavy atom. The van der Waals surface area contributed by atoms with Gasteiger partial charge in [-0.25, -0.2) is 0 Å². The SMILES string of the molecule is CN1CCC(C)(C(=O)N[C@@H](Cc2ccc(O)cc2)C(N)=O)CC1. The highest BCUT2D eigenvalue weighted by Crippen LogP contribution is 2.30. The van der Waals surface area contributed by atoms with E-state index in [1.165, 1.54) is 0 Å². The lowest BCUT2D eigenvalue weighted by atomic mass is 9.79. The van der Waals surface area contributed by atoms with Gasteiger partial charge in [-0.05, 0) is 50.7 Å². The summed E-state index contributed by atoms with van der Waals surface area (Å²) in [4.78, 5) is 26.5. The molecule has 2 rings (SSSR count). The Labute approximate surface area is 136 Å². The lowest BCUT2D eigenvalue weighted by molar-refractivity contribution is -0.135. The van der Waals surface area contributed by atoms with Crippen LogP contribution in [-0.4, -0.2) is 48.0 Å². The van der Waals surface area contributed by atoms with Gasteiger partial charge in [0.1, 0.15) is 11.8 Å². The smallest absolute Gasteiger partial charge is 0.240 e. The fourth-order valence-corrected chi connectivity index (χ4v) is 2.76. The van der Waals surface area contributed by atoms with Gasteiger partial charge in [0.25, 0.3) is 0 Å². The molecule has 0 saturated carbocycles. The van der Waals surface area contributed by atoms with Crippen LogP contribution < -0.4 is 11.1 Å². The number of rotatable bonds is 5. The first kappa shape index (κ1) is 17.3. The molecule has 1 aliphatic rings. The van der Waals surface area contributed by atoms with E-state index in [4.69, 9.17) is 5.73 Å². The molecule has 1 aromatic rings. The van der Waals surface area contributed by atoms with Gasteiger partial charge in [-0.1, -0.05) is 19.1 Å². The average molecular weight is 319 g/mol. The number of carbonyl (C=O) groups is 2. The van der Waals surface area contributed by atoms with E-state index >= 15 is 0 Å². The molecule has 0 aliphatic carbocycles. The Balaban J connectivity index is 2.02. The number of piperidine rings is 1. The van der Waals surface area contributed by atoms with Crippen molar-refractivity contribution in [1.29, 1.82) is 0 Å². The molecule has 0 spiro atoms. The van der Waals surface area contributed by atoms with Crippen molar-refractivity contribution in [2.75, 3.05) is 20.1 Å². The van der Waals surface area contributed by atoms with E-state index in [1.54, 1.807) is 24.3 Å².